The zero-order chi connectivity index (χ0) is 14.9. The maximum absolute atomic E-state index is 12.3. The summed E-state index contributed by atoms with van der Waals surface area (Å²) >= 11 is 0. The van der Waals surface area contributed by atoms with Gasteiger partial charge in [-0.15, -0.1) is 0 Å². The molecule has 2 heterocycles. The summed E-state index contributed by atoms with van der Waals surface area (Å²) in [5.74, 6) is 0.770. The molecule has 2 rings (SSSR count). The zero-order valence-electron chi connectivity index (χ0n) is 12.6. The van der Waals surface area contributed by atoms with E-state index in [2.05, 4.69) is 0 Å². The third-order valence-corrected chi connectivity index (χ3v) is 3.58. The van der Waals surface area contributed by atoms with Gasteiger partial charge in [0.1, 0.15) is 5.76 Å². The summed E-state index contributed by atoms with van der Waals surface area (Å²) in [7, 11) is 0. The van der Waals surface area contributed by atoms with E-state index in [9.17, 15) is 9.59 Å². The first-order valence-electron chi connectivity index (χ1n) is 6.93. The van der Waals surface area contributed by atoms with Crippen molar-refractivity contribution in [2.75, 3.05) is 26.2 Å². The molecular weight excluding hydrogens is 256 g/mol. The first-order valence-corrected chi connectivity index (χ1v) is 6.93. The Labute approximate surface area is 119 Å². The maximum Gasteiger partial charge on any atom is 0.257 e. The summed E-state index contributed by atoms with van der Waals surface area (Å²) in [4.78, 5) is 28.1. The number of carbonyl (C=O) groups excluding carboxylic acids is 2. The van der Waals surface area contributed by atoms with E-state index >= 15 is 0 Å². The number of rotatable bonds is 1. The van der Waals surface area contributed by atoms with E-state index < -0.39 is 0 Å². The van der Waals surface area contributed by atoms with Crippen molar-refractivity contribution in [1.29, 1.82) is 0 Å². The SMILES string of the molecule is Cc1occc1C(=O)N1CCN(C(=O)C(C)(C)C)CC1. The molecule has 1 aliphatic heterocycles. The first kappa shape index (κ1) is 14.6. The van der Waals surface area contributed by atoms with Crippen molar-refractivity contribution in [3.63, 3.8) is 0 Å². The fourth-order valence-electron chi connectivity index (χ4n) is 2.36. The predicted octanol–water partition coefficient (Wildman–Crippen LogP) is 1.92. The number of hydrogen-bond acceptors (Lipinski definition) is 3. The van der Waals surface area contributed by atoms with Crippen LogP contribution in [0.1, 0.15) is 36.9 Å². The molecule has 0 radical (unpaired) electrons. The minimum absolute atomic E-state index is 0.0147. The van der Waals surface area contributed by atoms with Crippen molar-refractivity contribution in [2.45, 2.75) is 27.7 Å². The van der Waals surface area contributed by atoms with Gasteiger partial charge in [-0.25, -0.2) is 0 Å². The topological polar surface area (TPSA) is 53.8 Å². The molecule has 0 unspecified atom stereocenters. The predicted molar refractivity (Wildman–Crippen MR) is 75.4 cm³/mol. The van der Waals surface area contributed by atoms with Crippen LogP contribution in [0.4, 0.5) is 0 Å². The molecule has 110 valence electrons. The lowest BCUT2D eigenvalue weighted by Crippen LogP contribution is -2.53. The van der Waals surface area contributed by atoms with Crippen molar-refractivity contribution < 1.29 is 14.0 Å². The zero-order valence-corrected chi connectivity index (χ0v) is 12.6. The van der Waals surface area contributed by atoms with Crippen LogP contribution in [0, 0.1) is 12.3 Å². The average molecular weight is 278 g/mol. The largest absolute Gasteiger partial charge is 0.469 e. The number of carbonyl (C=O) groups is 2. The fourth-order valence-corrected chi connectivity index (χ4v) is 2.36. The van der Waals surface area contributed by atoms with Gasteiger partial charge in [-0.3, -0.25) is 9.59 Å². The summed E-state index contributed by atoms with van der Waals surface area (Å²) in [5, 5.41) is 0. The van der Waals surface area contributed by atoms with Crippen LogP contribution in [0.25, 0.3) is 0 Å². The Morgan fingerprint density at radius 3 is 2.10 bits per heavy atom. The summed E-state index contributed by atoms with van der Waals surface area (Å²) in [6.45, 7) is 9.88. The molecule has 1 fully saturated rings. The Hall–Kier alpha value is -1.78. The summed E-state index contributed by atoms with van der Waals surface area (Å²) in [5.41, 5.74) is 0.244. The standard InChI is InChI=1S/C15H22N2O3/c1-11-12(5-10-20-11)13(18)16-6-8-17(9-7-16)14(19)15(2,3)4/h5,10H,6-9H2,1-4H3. The van der Waals surface area contributed by atoms with Crippen molar-refractivity contribution in [3.8, 4) is 0 Å². The quantitative estimate of drug-likeness (QED) is 0.788. The normalized spacial score (nSPS) is 16.4. The molecule has 1 saturated heterocycles. The lowest BCUT2D eigenvalue weighted by molar-refractivity contribution is -0.140. The number of piperazine rings is 1. The Kier molecular flexibility index (Phi) is 3.88. The average Bonchev–Trinajstić information content (AvgIpc) is 2.82. The van der Waals surface area contributed by atoms with E-state index in [1.54, 1.807) is 17.9 Å². The van der Waals surface area contributed by atoms with E-state index in [0.717, 1.165) is 0 Å². The second kappa shape index (κ2) is 5.31. The van der Waals surface area contributed by atoms with Crippen molar-refractivity contribution in [2.24, 2.45) is 5.41 Å². The highest BCUT2D eigenvalue weighted by Gasteiger charge is 2.31. The molecule has 0 aliphatic carbocycles. The Morgan fingerprint density at radius 1 is 1.10 bits per heavy atom. The fraction of sp³-hybridized carbons (Fsp3) is 0.600. The van der Waals surface area contributed by atoms with Gasteiger partial charge in [0.25, 0.3) is 5.91 Å². The van der Waals surface area contributed by atoms with Crippen LogP contribution >= 0.6 is 0 Å². The minimum Gasteiger partial charge on any atom is -0.469 e. The van der Waals surface area contributed by atoms with Gasteiger partial charge in [0.2, 0.25) is 5.91 Å². The third kappa shape index (κ3) is 2.86. The van der Waals surface area contributed by atoms with Crippen LogP contribution < -0.4 is 0 Å². The van der Waals surface area contributed by atoms with E-state index in [4.69, 9.17) is 4.42 Å². The highest BCUT2D eigenvalue weighted by atomic mass is 16.3. The van der Waals surface area contributed by atoms with Crippen LogP contribution in [0.15, 0.2) is 16.7 Å². The van der Waals surface area contributed by atoms with Gasteiger partial charge in [-0.1, -0.05) is 20.8 Å². The highest BCUT2D eigenvalue weighted by molar-refractivity contribution is 5.95. The summed E-state index contributed by atoms with van der Waals surface area (Å²) < 4.78 is 5.17. The number of hydrogen-bond donors (Lipinski definition) is 0. The molecule has 20 heavy (non-hydrogen) atoms. The van der Waals surface area contributed by atoms with Gasteiger partial charge in [-0.2, -0.15) is 0 Å². The van der Waals surface area contributed by atoms with Gasteiger partial charge in [0.05, 0.1) is 11.8 Å². The number of nitrogens with zero attached hydrogens (tertiary/aromatic N) is 2. The molecule has 1 aromatic heterocycles. The van der Waals surface area contributed by atoms with Gasteiger partial charge in [0.15, 0.2) is 0 Å². The van der Waals surface area contributed by atoms with Crippen LogP contribution in [0.2, 0.25) is 0 Å². The number of amides is 2. The lowest BCUT2D eigenvalue weighted by Gasteiger charge is -2.37. The molecule has 1 aliphatic rings. The lowest BCUT2D eigenvalue weighted by atomic mass is 9.94. The van der Waals surface area contributed by atoms with Gasteiger partial charge < -0.3 is 14.2 Å². The summed E-state index contributed by atoms with van der Waals surface area (Å²) in [6.07, 6.45) is 1.53. The molecular formula is C15H22N2O3. The van der Waals surface area contributed by atoms with Gasteiger partial charge >= 0.3 is 0 Å². The number of aryl methyl sites for hydroxylation is 1. The highest BCUT2D eigenvalue weighted by Crippen LogP contribution is 2.19. The van der Waals surface area contributed by atoms with Crippen molar-refractivity contribution in [1.82, 2.24) is 9.80 Å². The summed E-state index contributed by atoms with van der Waals surface area (Å²) in [6, 6.07) is 1.70. The smallest absolute Gasteiger partial charge is 0.257 e. The molecule has 0 aromatic carbocycles. The van der Waals surface area contributed by atoms with E-state index in [-0.39, 0.29) is 17.2 Å². The van der Waals surface area contributed by atoms with Crippen LogP contribution in [-0.2, 0) is 4.79 Å². The second-order valence-electron chi connectivity index (χ2n) is 6.22. The molecule has 5 nitrogen and oxygen atoms in total. The van der Waals surface area contributed by atoms with Crippen LogP contribution in [0.5, 0.6) is 0 Å². The van der Waals surface area contributed by atoms with E-state index in [0.29, 0.717) is 37.5 Å². The molecule has 2 amide bonds. The van der Waals surface area contributed by atoms with Crippen LogP contribution in [-0.4, -0.2) is 47.8 Å². The Balaban J connectivity index is 1.97. The molecule has 0 saturated carbocycles. The first-order chi connectivity index (χ1) is 9.30. The minimum atomic E-state index is -0.368. The van der Waals surface area contributed by atoms with Gasteiger partial charge in [-0.05, 0) is 13.0 Å². The number of furan rings is 1. The molecule has 0 atom stereocenters. The molecule has 5 heteroatoms. The molecule has 0 spiro atoms. The Bertz CT molecular complexity index is 505. The molecule has 0 N–H and O–H groups in total. The van der Waals surface area contributed by atoms with E-state index in [1.165, 1.54) is 6.26 Å². The second-order valence-corrected chi connectivity index (χ2v) is 6.22. The van der Waals surface area contributed by atoms with Crippen molar-refractivity contribution >= 4 is 11.8 Å². The molecule has 0 bridgehead atoms. The Morgan fingerprint density at radius 2 is 1.65 bits per heavy atom. The van der Waals surface area contributed by atoms with Crippen molar-refractivity contribution in [3.05, 3.63) is 23.7 Å². The van der Waals surface area contributed by atoms with Gasteiger partial charge in [0, 0.05) is 31.6 Å². The van der Waals surface area contributed by atoms with Crippen LogP contribution in [0.3, 0.4) is 0 Å². The monoisotopic (exact) mass is 278 g/mol. The van der Waals surface area contributed by atoms with E-state index in [1.807, 2.05) is 25.7 Å². The molecule has 1 aromatic rings. The third-order valence-electron chi connectivity index (χ3n) is 3.58. The maximum atomic E-state index is 12.3.